The van der Waals surface area contributed by atoms with Crippen LogP contribution in [0.3, 0.4) is 0 Å². The Labute approximate surface area is 94.7 Å². The fraction of sp³-hybridized carbons (Fsp3) is 0.778. The molecular weight excluding hydrogens is 214 g/mol. The second-order valence-corrected chi connectivity index (χ2v) is 2.91. The van der Waals surface area contributed by atoms with Crippen molar-refractivity contribution < 1.29 is 19.0 Å². The summed E-state index contributed by atoms with van der Waals surface area (Å²) in [6.07, 6.45) is 0. The lowest BCUT2D eigenvalue weighted by Crippen LogP contribution is -2.33. The molecule has 0 rings (SSSR count). The van der Waals surface area contributed by atoms with E-state index in [2.05, 4.69) is 10.1 Å². The molecule has 0 aromatic carbocycles. The molecule has 7 nitrogen and oxygen atoms in total. The highest BCUT2D eigenvalue weighted by Gasteiger charge is 1.93. The van der Waals surface area contributed by atoms with Crippen LogP contribution in [0.25, 0.3) is 0 Å². The van der Waals surface area contributed by atoms with E-state index in [4.69, 9.17) is 20.6 Å². The van der Waals surface area contributed by atoms with E-state index in [-0.39, 0.29) is 18.5 Å². The maximum atomic E-state index is 10.4. The van der Waals surface area contributed by atoms with Crippen molar-refractivity contribution in [1.82, 2.24) is 5.32 Å². The number of ether oxygens (including phenoxy) is 3. The van der Waals surface area contributed by atoms with E-state index in [1.54, 1.807) is 0 Å². The molecule has 0 spiro atoms. The molecule has 0 aromatic heterocycles. The van der Waals surface area contributed by atoms with Gasteiger partial charge in [0.05, 0.1) is 26.4 Å². The first-order valence-corrected chi connectivity index (χ1v) is 4.99. The molecule has 0 heterocycles. The zero-order valence-electron chi connectivity index (χ0n) is 9.45. The van der Waals surface area contributed by atoms with Crippen LogP contribution in [0.4, 0.5) is 0 Å². The molecule has 0 atom stereocenters. The van der Waals surface area contributed by atoms with E-state index in [0.717, 1.165) is 0 Å². The number of guanidine groups is 1. The molecule has 0 bridgehead atoms. The Balaban J connectivity index is 2.98. The molecule has 0 fully saturated rings. The van der Waals surface area contributed by atoms with Gasteiger partial charge >= 0.3 is 5.97 Å². The van der Waals surface area contributed by atoms with Crippen molar-refractivity contribution in [2.24, 2.45) is 5.73 Å². The van der Waals surface area contributed by atoms with Crippen LogP contribution in [0, 0.1) is 5.41 Å². The van der Waals surface area contributed by atoms with E-state index < -0.39 is 0 Å². The van der Waals surface area contributed by atoms with Crippen molar-refractivity contribution >= 4 is 11.9 Å². The maximum absolute atomic E-state index is 10.4. The number of rotatable bonds is 9. The summed E-state index contributed by atoms with van der Waals surface area (Å²) in [6.45, 7) is 3.86. The Morgan fingerprint density at radius 1 is 1.19 bits per heavy atom. The Morgan fingerprint density at radius 3 is 2.31 bits per heavy atom. The van der Waals surface area contributed by atoms with Crippen LogP contribution in [-0.2, 0) is 19.0 Å². The Hall–Kier alpha value is -1.34. The van der Waals surface area contributed by atoms with Gasteiger partial charge in [0.1, 0.15) is 6.61 Å². The Bertz CT molecular complexity index is 189. The molecule has 16 heavy (non-hydrogen) atoms. The van der Waals surface area contributed by atoms with Crippen LogP contribution in [0.1, 0.15) is 6.92 Å². The van der Waals surface area contributed by atoms with Gasteiger partial charge in [-0.2, -0.15) is 0 Å². The first-order valence-electron chi connectivity index (χ1n) is 4.99. The van der Waals surface area contributed by atoms with Crippen molar-refractivity contribution in [1.29, 1.82) is 5.41 Å². The van der Waals surface area contributed by atoms with Gasteiger partial charge in [-0.05, 0) is 0 Å². The monoisotopic (exact) mass is 233 g/mol. The van der Waals surface area contributed by atoms with Crippen LogP contribution >= 0.6 is 0 Å². The predicted molar refractivity (Wildman–Crippen MR) is 58.2 cm³/mol. The molecule has 7 heteroatoms. The smallest absolute Gasteiger partial charge is 0.302 e. The van der Waals surface area contributed by atoms with Gasteiger partial charge in [-0.15, -0.1) is 0 Å². The molecule has 0 aliphatic heterocycles. The van der Waals surface area contributed by atoms with Gasteiger partial charge in [0.25, 0.3) is 0 Å². The molecule has 0 unspecified atom stereocenters. The molecule has 0 saturated carbocycles. The molecule has 94 valence electrons. The summed E-state index contributed by atoms with van der Waals surface area (Å²) in [6, 6.07) is 0. The topological polar surface area (TPSA) is 107 Å². The summed E-state index contributed by atoms with van der Waals surface area (Å²) < 4.78 is 14.9. The Kier molecular flexibility index (Phi) is 9.33. The molecule has 4 N–H and O–H groups in total. The molecular formula is C9H19N3O4. The molecule has 0 aliphatic rings. The number of hydrogen-bond donors (Lipinski definition) is 3. The van der Waals surface area contributed by atoms with E-state index in [0.29, 0.717) is 33.0 Å². The fourth-order valence-electron chi connectivity index (χ4n) is 0.824. The van der Waals surface area contributed by atoms with Crippen LogP contribution in [0.5, 0.6) is 0 Å². The molecule has 0 aliphatic carbocycles. The second-order valence-electron chi connectivity index (χ2n) is 2.91. The standard InChI is InChI=1S/C9H19N3O4/c1-8(13)16-7-6-15-5-4-14-3-2-12-9(10)11/h2-7H2,1H3,(H4,10,11,12). The highest BCUT2D eigenvalue weighted by Crippen LogP contribution is 1.81. The summed E-state index contributed by atoms with van der Waals surface area (Å²) in [4.78, 5) is 10.4. The first kappa shape index (κ1) is 14.7. The largest absolute Gasteiger partial charge is 0.463 e. The third-order valence-electron chi connectivity index (χ3n) is 1.47. The van der Waals surface area contributed by atoms with Gasteiger partial charge in [0.15, 0.2) is 5.96 Å². The zero-order valence-corrected chi connectivity index (χ0v) is 9.45. The lowest BCUT2D eigenvalue weighted by atomic mass is 10.6. The molecule has 0 radical (unpaired) electrons. The molecule has 0 amide bonds. The van der Waals surface area contributed by atoms with Crippen LogP contribution in [-0.4, -0.2) is 51.5 Å². The number of nitrogens with one attached hydrogen (secondary N) is 2. The van der Waals surface area contributed by atoms with Gasteiger partial charge in [-0.25, -0.2) is 0 Å². The highest BCUT2D eigenvalue weighted by atomic mass is 16.6. The zero-order chi connectivity index (χ0) is 12.2. The summed E-state index contributed by atoms with van der Waals surface area (Å²) in [5.74, 6) is -0.378. The van der Waals surface area contributed by atoms with Gasteiger partial charge in [0.2, 0.25) is 0 Å². The minimum absolute atomic E-state index is 0.0683. The summed E-state index contributed by atoms with van der Waals surface area (Å²) in [5.41, 5.74) is 5.06. The fourth-order valence-corrected chi connectivity index (χ4v) is 0.824. The second kappa shape index (κ2) is 10.2. The number of carbonyl (C=O) groups is 1. The minimum atomic E-state index is -0.310. The number of esters is 1. The van der Waals surface area contributed by atoms with E-state index in [1.807, 2.05) is 0 Å². The lowest BCUT2D eigenvalue weighted by molar-refractivity contribution is -0.142. The van der Waals surface area contributed by atoms with Crippen LogP contribution in [0.15, 0.2) is 0 Å². The molecule has 0 saturated heterocycles. The number of hydrogen-bond acceptors (Lipinski definition) is 5. The van der Waals surface area contributed by atoms with Crippen molar-refractivity contribution in [2.75, 3.05) is 39.6 Å². The maximum Gasteiger partial charge on any atom is 0.302 e. The van der Waals surface area contributed by atoms with Crippen molar-refractivity contribution in [3.63, 3.8) is 0 Å². The van der Waals surface area contributed by atoms with Gasteiger partial charge < -0.3 is 25.3 Å². The normalized spacial score (nSPS) is 9.81. The first-order chi connectivity index (χ1) is 7.63. The third-order valence-corrected chi connectivity index (χ3v) is 1.47. The number of carbonyl (C=O) groups excluding carboxylic acids is 1. The summed E-state index contributed by atoms with van der Waals surface area (Å²) in [7, 11) is 0. The minimum Gasteiger partial charge on any atom is -0.463 e. The van der Waals surface area contributed by atoms with Crippen molar-refractivity contribution in [3.05, 3.63) is 0 Å². The lowest BCUT2D eigenvalue weighted by Gasteiger charge is -2.06. The Morgan fingerprint density at radius 2 is 1.75 bits per heavy atom. The van der Waals surface area contributed by atoms with Crippen LogP contribution in [0.2, 0.25) is 0 Å². The predicted octanol–water partition coefficient (Wildman–Crippen LogP) is -0.934. The summed E-state index contributed by atoms with van der Waals surface area (Å²) in [5, 5.41) is 9.47. The molecule has 0 aromatic rings. The van der Waals surface area contributed by atoms with E-state index in [9.17, 15) is 4.79 Å². The van der Waals surface area contributed by atoms with E-state index >= 15 is 0 Å². The van der Waals surface area contributed by atoms with Gasteiger partial charge in [0, 0.05) is 13.5 Å². The quantitative estimate of drug-likeness (QED) is 0.205. The van der Waals surface area contributed by atoms with Crippen molar-refractivity contribution in [2.45, 2.75) is 6.92 Å². The van der Waals surface area contributed by atoms with Crippen molar-refractivity contribution in [3.8, 4) is 0 Å². The van der Waals surface area contributed by atoms with Crippen LogP contribution < -0.4 is 11.1 Å². The number of nitrogens with two attached hydrogens (primary N) is 1. The van der Waals surface area contributed by atoms with E-state index in [1.165, 1.54) is 6.92 Å². The average molecular weight is 233 g/mol. The average Bonchev–Trinajstić information content (AvgIpc) is 2.20. The summed E-state index contributed by atoms with van der Waals surface area (Å²) >= 11 is 0. The van der Waals surface area contributed by atoms with Gasteiger partial charge in [-0.1, -0.05) is 0 Å². The SMILES string of the molecule is CC(=O)OCCOCCOCCNC(=N)N. The highest BCUT2D eigenvalue weighted by molar-refractivity contribution is 5.74. The van der Waals surface area contributed by atoms with Gasteiger partial charge in [-0.3, -0.25) is 10.2 Å². The third kappa shape index (κ3) is 12.7.